The van der Waals surface area contributed by atoms with E-state index in [1.165, 1.54) is 11.1 Å². The van der Waals surface area contributed by atoms with E-state index in [9.17, 15) is 14.4 Å². The maximum atomic E-state index is 13.4. The molecular weight excluding hydrogens is 502 g/mol. The molecule has 3 aromatic carbocycles. The van der Waals surface area contributed by atoms with Crippen LogP contribution in [0.15, 0.2) is 84.9 Å². The number of amides is 3. The first-order chi connectivity index (χ1) is 19.5. The van der Waals surface area contributed by atoms with Gasteiger partial charge in [0.15, 0.2) is 0 Å². The lowest BCUT2D eigenvalue weighted by Crippen LogP contribution is -2.60. The van der Waals surface area contributed by atoms with E-state index in [4.69, 9.17) is 0 Å². The number of piperazine rings is 2. The standard InChI is InChI=1S/C32H37N5O3/c1-24-12-14-27(15-13-24)34-29(38)22-28-32(40)33-16-17-37(28)30(39)23-35-18-20-36(21-19-35)31(25-8-4-2-5-9-25)26-10-6-3-7-11-26/h2-15,28,31H,16-23H2,1H3,(H,33,40)(H,34,38). The van der Waals surface area contributed by atoms with Gasteiger partial charge in [-0.2, -0.15) is 0 Å². The van der Waals surface area contributed by atoms with Crippen LogP contribution in [0.4, 0.5) is 5.69 Å². The summed E-state index contributed by atoms with van der Waals surface area (Å²) in [6.07, 6.45) is -0.0743. The number of nitrogens with one attached hydrogen (secondary N) is 2. The number of nitrogens with zero attached hydrogens (tertiary/aromatic N) is 3. The van der Waals surface area contributed by atoms with Crippen molar-refractivity contribution in [2.24, 2.45) is 0 Å². The first kappa shape index (κ1) is 27.6. The first-order valence-corrected chi connectivity index (χ1v) is 14.0. The summed E-state index contributed by atoms with van der Waals surface area (Å²) in [7, 11) is 0. The molecule has 40 heavy (non-hydrogen) atoms. The minimum absolute atomic E-state index is 0.0743. The molecule has 2 heterocycles. The van der Waals surface area contributed by atoms with Crippen LogP contribution in [-0.2, 0) is 14.4 Å². The van der Waals surface area contributed by atoms with Crippen molar-refractivity contribution in [2.75, 3.05) is 51.1 Å². The van der Waals surface area contributed by atoms with Gasteiger partial charge in [0.25, 0.3) is 0 Å². The maximum absolute atomic E-state index is 13.4. The fraction of sp³-hybridized carbons (Fsp3) is 0.344. The minimum atomic E-state index is -0.812. The number of rotatable bonds is 8. The van der Waals surface area contributed by atoms with Crippen LogP contribution in [0.1, 0.15) is 29.2 Å². The zero-order chi connectivity index (χ0) is 27.9. The molecule has 8 heteroatoms. The van der Waals surface area contributed by atoms with Crippen molar-refractivity contribution in [3.8, 4) is 0 Å². The van der Waals surface area contributed by atoms with E-state index in [-0.39, 0.29) is 36.7 Å². The molecule has 0 spiro atoms. The first-order valence-electron chi connectivity index (χ1n) is 14.0. The molecule has 5 rings (SSSR count). The van der Waals surface area contributed by atoms with E-state index in [2.05, 4.69) is 69.0 Å². The van der Waals surface area contributed by atoms with Gasteiger partial charge in [0.05, 0.1) is 19.0 Å². The fourth-order valence-corrected chi connectivity index (χ4v) is 5.59. The SMILES string of the molecule is Cc1ccc(NC(=O)CC2C(=O)NCCN2C(=O)CN2CCN(C(c3ccccc3)c3ccccc3)CC2)cc1. The second-order valence-corrected chi connectivity index (χ2v) is 10.5. The smallest absolute Gasteiger partial charge is 0.243 e. The number of carbonyl (C=O) groups excluding carboxylic acids is 3. The van der Waals surface area contributed by atoms with Gasteiger partial charge in [-0.15, -0.1) is 0 Å². The number of hydrogen-bond donors (Lipinski definition) is 2. The molecule has 2 saturated heterocycles. The molecule has 2 aliphatic heterocycles. The van der Waals surface area contributed by atoms with E-state index >= 15 is 0 Å². The molecule has 2 aliphatic rings. The highest BCUT2D eigenvalue weighted by Gasteiger charge is 2.36. The van der Waals surface area contributed by atoms with E-state index in [0.717, 1.165) is 31.7 Å². The largest absolute Gasteiger partial charge is 0.353 e. The molecule has 1 unspecified atom stereocenters. The monoisotopic (exact) mass is 539 g/mol. The third-order valence-electron chi connectivity index (χ3n) is 7.73. The van der Waals surface area contributed by atoms with Gasteiger partial charge in [-0.25, -0.2) is 0 Å². The zero-order valence-corrected chi connectivity index (χ0v) is 23.0. The summed E-state index contributed by atoms with van der Waals surface area (Å²) in [4.78, 5) is 45.1. The Labute approximate surface area is 236 Å². The van der Waals surface area contributed by atoms with Crippen LogP contribution < -0.4 is 10.6 Å². The quantitative estimate of drug-likeness (QED) is 0.460. The van der Waals surface area contributed by atoms with Crippen molar-refractivity contribution in [3.63, 3.8) is 0 Å². The minimum Gasteiger partial charge on any atom is -0.353 e. The van der Waals surface area contributed by atoms with Crippen LogP contribution in [0.2, 0.25) is 0 Å². The summed E-state index contributed by atoms with van der Waals surface area (Å²) < 4.78 is 0. The molecule has 0 saturated carbocycles. The molecule has 0 aliphatic carbocycles. The van der Waals surface area contributed by atoms with Crippen molar-refractivity contribution in [2.45, 2.75) is 25.4 Å². The molecule has 1 atom stereocenters. The van der Waals surface area contributed by atoms with Crippen molar-refractivity contribution in [1.82, 2.24) is 20.0 Å². The second-order valence-electron chi connectivity index (χ2n) is 10.5. The Morgan fingerprint density at radius 2 is 1.45 bits per heavy atom. The predicted molar refractivity (Wildman–Crippen MR) is 156 cm³/mol. The normalized spacial score (nSPS) is 18.4. The Bertz CT molecular complexity index is 1250. The topological polar surface area (TPSA) is 85.0 Å². The number of hydrogen-bond acceptors (Lipinski definition) is 5. The molecule has 3 aromatic rings. The maximum Gasteiger partial charge on any atom is 0.243 e. The Hall–Kier alpha value is -4.01. The van der Waals surface area contributed by atoms with E-state index in [1.807, 2.05) is 43.3 Å². The Kier molecular flexibility index (Phi) is 8.88. The van der Waals surface area contributed by atoms with Gasteiger partial charge in [-0.3, -0.25) is 24.2 Å². The van der Waals surface area contributed by atoms with Crippen molar-refractivity contribution < 1.29 is 14.4 Å². The lowest BCUT2D eigenvalue weighted by atomic mass is 9.96. The van der Waals surface area contributed by atoms with Crippen LogP contribution in [0.3, 0.4) is 0 Å². The number of anilines is 1. The number of carbonyl (C=O) groups is 3. The van der Waals surface area contributed by atoms with Gasteiger partial charge in [0, 0.05) is 45.0 Å². The molecule has 0 aromatic heterocycles. The van der Waals surface area contributed by atoms with E-state index in [0.29, 0.717) is 18.8 Å². The molecule has 0 radical (unpaired) electrons. The summed E-state index contributed by atoms with van der Waals surface area (Å²) in [6.45, 7) is 6.16. The van der Waals surface area contributed by atoms with Crippen LogP contribution in [0.25, 0.3) is 0 Å². The fourth-order valence-electron chi connectivity index (χ4n) is 5.59. The van der Waals surface area contributed by atoms with Crippen LogP contribution in [0, 0.1) is 6.92 Å². The number of benzene rings is 3. The summed E-state index contributed by atoms with van der Waals surface area (Å²) in [6, 6.07) is 27.9. The average Bonchev–Trinajstić information content (AvgIpc) is 2.97. The Morgan fingerprint density at radius 1 is 0.850 bits per heavy atom. The summed E-state index contributed by atoms with van der Waals surface area (Å²) >= 11 is 0. The zero-order valence-electron chi connectivity index (χ0n) is 23.0. The van der Waals surface area contributed by atoms with Gasteiger partial charge in [-0.1, -0.05) is 78.4 Å². The van der Waals surface area contributed by atoms with Crippen molar-refractivity contribution in [1.29, 1.82) is 0 Å². The van der Waals surface area contributed by atoms with Crippen molar-refractivity contribution >= 4 is 23.4 Å². The molecule has 8 nitrogen and oxygen atoms in total. The second kappa shape index (κ2) is 12.9. The Balaban J connectivity index is 1.19. The predicted octanol–water partition coefficient (Wildman–Crippen LogP) is 3.06. The molecule has 208 valence electrons. The Morgan fingerprint density at radius 3 is 2.05 bits per heavy atom. The van der Waals surface area contributed by atoms with Gasteiger partial charge < -0.3 is 15.5 Å². The molecule has 0 bridgehead atoms. The molecule has 2 N–H and O–H groups in total. The lowest BCUT2D eigenvalue weighted by Gasteiger charge is -2.41. The van der Waals surface area contributed by atoms with E-state index < -0.39 is 6.04 Å². The van der Waals surface area contributed by atoms with E-state index in [1.54, 1.807) is 4.90 Å². The highest BCUT2D eigenvalue weighted by atomic mass is 16.2. The average molecular weight is 540 g/mol. The van der Waals surface area contributed by atoms with Crippen molar-refractivity contribution in [3.05, 3.63) is 102 Å². The number of aryl methyl sites for hydroxylation is 1. The lowest BCUT2D eigenvalue weighted by molar-refractivity contribution is -0.145. The molecule has 3 amide bonds. The van der Waals surface area contributed by atoms with Crippen LogP contribution >= 0.6 is 0 Å². The third-order valence-corrected chi connectivity index (χ3v) is 7.73. The van der Waals surface area contributed by atoms with Gasteiger partial charge in [0.1, 0.15) is 6.04 Å². The highest BCUT2D eigenvalue weighted by molar-refractivity contribution is 5.97. The molecular formula is C32H37N5O3. The van der Waals surface area contributed by atoms with Gasteiger partial charge in [-0.05, 0) is 30.2 Å². The summed E-state index contributed by atoms with van der Waals surface area (Å²) in [5.41, 5.74) is 4.28. The van der Waals surface area contributed by atoms with Crippen LogP contribution in [-0.4, -0.2) is 84.3 Å². The van der Waals surface area contributed by atoms with Gasteiger partial charge >= 0.3 is 0 Å². The summed E-state index contributed by atoms with van der Waals surface area (Å²) in [5.74, 6) is -0.679. The van der Waals surface area contributed by atoms with Crippen LogP contribution in [0.5, 0.6) is 0 Å². The third kappa shape index (κ3) is 6.76. The van der Waals surface area contributed by atoms with Gasteiger partial charge in [0.2, 0.25) is 17.7 Å². The summed E-state index contributed by atoms with van der Waals surface area (Å²) in [5, 5.41) is 5.66. The highest BCUT2D eigenvalue weighted by Crippen LogP contribution is 2.29. The molecule has 2 fully saturated rings.